The number of carboxylic acids is 1. The molecule has 0 amide bonds. The van der Waals surface area contributed by atoms with Gasteiger partial charge in [0, 0.05) is 66.9 Å². The van der Waals surface area contributed by atoms with Gasteiger partial charge in [-0.3, -0.25) is 14.4 Å². The fourth-order valence-corrected chi connectivity index (χ4v) is 7.20. The molecule has 0 atom stereocenters. The number of carbonyl (C=O) groups excluding carboxylic acids is 2. The van der Waals surface area contributed by atoms with E-state index in [1.807, 2.05) is 45.9 Å². The molecule has 2 aliphatic carbocycles. The Bertz CT molecular complexity index is 1490. The summed E-state index contributed by atoms with van der Waals surface area (Å²) in [4.78, 5) is 41.8. The normalized spacial score (nSPS) is 20.2. The Labute approximate surface area is 258 Å². The second kappa shape index (κ2) is 10.9. The predicted octanol–water partition coefficient (Wildman–Crippen LogP) is 8.11. The molecule has 0 saturated carbocycles. The van der Waals surface area contributed by atoms with E-state index in [2.05, 4.69) is 15.9 Å². The highest BCUT2D eigenvalue weighted by Gasteiger charge is 2.49. The second-order valence-electron chi connectivity index (χ2n) is 12.7. The number of hydrogen-bond acceptors (Lipinski definition) is 5. The topological polar surface area (TPSA) is 83.9 Å². The zero-order valence-electron chi connectivity index (χ0n) is 23.4. The maximum atomic E-state index is 14.0. The quantitative estimate of drug-likeness (QED) is 0.337. The van der Waals surface area contributed by atoms with Gasteiger partial charge in [0.15, 0.2) is 11.6 Å². The Morgan fingerprint density at radius 1 is 0.951 bits per heavy atom. The Balaban J connectivity index is 1.71. The van der Waals surface area contributed by atoms with Crippen molar-refractivity contribution in [2.75, 3.05) is 6.54 Å². The molecule has 41 heavy (non-hydrogen) atoms. The number of hydrogen-bond donors (Lipinski definition) is 1. The molecule has 216 valence electrons. The lowest BCUT2D eigenvalue weighted by Gasteiger charge is -2.48. The number of Topliss-reactive ketones (excluding diaryl/α,β-unsaturated/α-hetero) is 2. The molecule has 5 rings (SSSR count). The smallest absolute Gasteiger partial charge is 0.323 e. The fraction of sp³-hybridized carbons (Fsp3) is 0.406. The van der Waals surface area contributed by atoms with Crippen molar-refractivity contribution in [3.63, 3.8) is 0 Å². The van der Waals surface area contributed by atoms with Crippen LogP contribution in [0, 0.1) is 10.8 Å². The molecule has 0 fully saturated rings. The number of allylic oxidation sites excluding steroid dienone is 4. The lowest BCUT2D eigenvalue weighted by molar-refractivity contribution is -0.138. The van der Waals surface area contributed by atoms with Crippen molar-refractivity contribution in [1.29, 1.82) is 0 Å². The van der Waals surface area contributed by atoms with Crippen molar-refractivity contribution in [2.45, 2.75) is 65.9 Å². The van der Waals surface area contributed by atoms with E-state index in [1.54, 1.807) is 23.1 Å². The van der Waals surface area contributed by atoms with E-state index in [0.29, 0.717) is 69.6 Å². The van der Waals surface area contributed by atoms with Gasteiger partial charge >= 0.3 is 5.97 Å². The van der Waals surface area contributed by atoms with E-state index < -0.39 is 11.9 Å². The van der Waals surface area contributed by atoms with E-state index in [-0.39, 0.29) is 35.5 Å². The van der Waals surface area contributed by atoms with Gasteiger partial charge in [0.05, 0.1) is 0 Å². The van der Waals surface area contributed by atoms with Crippen molar-refractivity contribution >= 4 is 56.7 Å². The summed E-state index contributed by atoms with van der Waals surface area (Å²) in [6, 6.07) is 10.8. The Kier molecular flexibility index (Phi) is 7.94. The Hall–Kier alpha value is -2.61. The molecule has 0 spiro atoms. The summed E-state index contributed by atoms with van der Waals surface area (Å²) in [6.45, 7) is 7.92. The monoisotopic (exact) mass is 659 g/mol. The van der Waals surface area contributed by atoms with Crippen LogP contribution < -0.4 is 4.74 Å². The highest BCUT2D eigenvalue weighted by atomic mass is 79.9. The van der Waals surface area contributed by atoms with Crippen LogP contribution in [0.2, 0.25) is 10.0 Å². The number of aliphatic carboxylic acids is 1. The minimum atomic E-state index is -1.01. The Morgan fingerprint density at radius 3 is 2.07 bits per heavy atom. The molecule has 0 bridgehead atoms. The molecular weight excluding hydrogens is 629 g/mol. The third-order valence-corrected chi connectivity index (χ3v) is 9.08. The first-order chi connectivity index (χ1) is 19.2. The summed E-state index contributed by atoms with van der Waals surface area (Å²) in [5.41, 5.74) is 3.07. The minimum Gasteiger partial charge on any atom is -0.489 e. The molecular formula is C32H32BrCl2NO5. The summed E-state index contributed by atoms with van der Waals surface area (Å²) >= 11 is 16.1. The molecule has 6 nitrogen and oxygen atoms in total. The zero-order chi connectivity index (χ0) is 29.9. The van der Waals surface area contributed by atoms with Crippen molar-refractivity contribution in [3.8, 4) is 5.75 Å². The molecule has 0 aromatic heterocycles. The molecule has 1 heterocycles. The number of benzene rings is 2. The highest BCUT2D eigenvalue weighted by Crippen LogP contribution is 2.55. The lowest BCUT2D eigenvalue weighted by atomic mass is 9.63. The fourth-order valence-electron chi connectivity index (χ4n) is 6.36. The van der Waals surface area contributed by atoms with Crippen LogP contribution in [-0.2, 0) is 21.0 Å². The molecule has 0 unspecified atom stereocenters. The molecule has 9 heteroatoms. The second-order valence-corrected chi connectivity index (χ2v) is 14.5. The van der Waals surface area contributed by atoms with Gasteiger partial charge in [0.1, 0.15) is 18.9 Å². The molecule has 3 aliphatic rings. The van der Waals surface area contributed by atoms with Crippen LogP contribution in [0.25, 0.3) is 0 Å². The number of carbonyl (C=O) groups is 3. The van der Waals surface area contributed by atoms with E-state index in [0.717, 1.165) is 10.0 Å². The molecule has 2 aromatic rings. The number of halogens is 3. The summed E-state index contributed by atoms with van der Waals surface area (Å²) in [5.74, 6) is -1.32. The zero-order valence-corrected chi connectivity index (χ0v) is 26.5. The molecule has 1 N–H and O–H groups in total. The van der Waals surface area contributed by atoms with Gasteiger partial charge < -0.3 is 14.7 Å². The molecule has 2 aromatic carbocycles. The third-order valence-electron chi connectivity index (χ3n) is 8.00. The number of ketones is 2. The molecule has 0 saturated heterocycles. The average Bonchev–Trinajstić information content (AvgIpc) is 2.83. The van der Waals surface area contributed by atoms with Crippen LogP contribution in [0.15, 0.2) is 63.4 Å². The lowest BCUT2D eigenvalue weighted by Crippen LogP contribution is -2.45. The van der Waals surface area contributed by atoms with Crippen LogP contribution in [-0.4, -0.2) is 34.1 Å². The standard InChI is InChI=1S/C32H32BrCl2NO5/c1-31(2)11-22-29(24(37)13-31)28(30-23(36(22)15-27(39)40)12-32(3,4)14-25(30)38)20-9-18(33)6-8-26(20)41-16-17-5-7-19(34)10-21(17)35/h5-10,28H,11-16H2,1-4H3,(H,39,40). The van der Waals surface area contributed by atoms with Gasteiger partial charge in [-0.2, -0.15) is 0 Å². The molecule has 1 aliphatic heterocycles. The maximum absolute atomic E-state index is 14.0. The summed E-state index contributed by atoms with van der Waals surface area (Å²) in [7, 11) is 0. The summed E-state index contributed by atoms with van der Waals surface area (Å²) in [5, 5.41) is 10.9. The highest BCUT2D eigenvalue weighted by molar-refractivity contribution is 9.10. The van der Waals surface area contributed by atoms with E-state index in [1.165, 1.54) is 0 Å². The van der Waals surface area contributed by atoms with Crippen LogP contribution in [0.4, 0.5) is 0 Å². The molecule has 0 radical (unpaired) electrons. The van der Waals surface area contributed by atoms with Crippen LogP contribution in [0.1, 0.15) is 70.4 Å². The van der Waals surface area contributed by atoms with Crippen molar-refractivity contribution in [2.24, 2.45) is 10.8 Å². The van der Waals surface area contributed by atoms with E-state index in [9.17, 15) is 19.5 Å². The number of nitrogens with zero attached hydrogens (tertiary/aromatic N) is 1. The van der Waals surface area contributed by atoms with Gasteiger partial charge in [-0.25, -0.2) is 0 Å². The van der Waals surface area contributed by atoms with Crippen LogP contribution in [0.5, 0.6) is 5.75 Å². The summed E-state index contributed by atoms with van der Waals surface area (Å²) < 4.78 is 7.10. The van der Waals surface area contributed by atoms with Gasteiger partial charge in [-0.05, 0) is 54.0 Å². The van der Waals surface area contributed by atoms with Crippen LogP contribution in [0.3, 0.4) is 0 Å². The predicted molar refractivity (Wildman–Crippen MR) is 162 cm³/mol. The van der Waals surface area contributed by atoms with E-state index in [4.69, 9.17) is 27.9 Å². The van der Waals surface area contributed by atoms with Gasteiger partial charge in [0.2, 0.25) is 0 Å². The number of ether oxygens (including phenoxy) is 1. The summed E-state index contributed by atoms with van der Waals surface area (Å²) in [6.07, 6.45) is 1.65. The van der Waals surface area contributed by atoms with Crippen LogP contribution >= 0.6 is 39.1 Å². The number of rotatable bonds is 6. The van der Waals surface area contributed by atoms with Crippen molar-refractivity contribution in [3.05, 3.63) is 84.6 Å². The first-order valence-corrected chi connectivity index (χ1v) is 15.1. The first kappa shape index (κ1) is 29.9. The maximum Gasteiger partial charge on any atom is 0.323 e. The number of carboxylic acid groups (broad SMARTS) is 1. The van der Waals surface area contributed by atoms with Crippen molar-refractivity contribution < 1.29 is 24.2 Å². The van der Waals surface area contributed by atoms with Gasteiger partial charge in [0.25, 0.3) is 0 Å². The van der Waals surface area contributed by atoms with Gasteiger partial charge in [-0.15, -0.1) is 0 Å². The average molecular weight is 661 g/mol. The van der Waals surface area contributed by atoms with Crippen molar-refractivity contribution in [1.82, 2.24) is 4.90 Å². The van der Waals surface area contributed by atoms with E-state index >= 15 is 0 Å². The minimum absolute atomic E-state index is 0.0764. The van der Waals surface area contributed by atoms with Gasteiger partial charge in [-0.1, -0.05) is 72.9 Å². The largest absolute Gasteiger partial charge is 0.489 e. The first-order valence-electron chi connectivity index (χ1n) is 13.5. The Morgan fingerprint density at radius 2 is 1.54 bits per heavy atom. The third kappa shape index (κ3) is 5.99. The SMILES string of the molecule is CC1(C)CC(=O)C2=C(C1)N(CC(=O)O)C1=C(C(=O)CC(C)(C)C1)C2c1cc(Br)ccc1OCc1ccc(Cl)cc1Cl.